The average Bonchev–Trinajstić information content (AvgIpc) is 3.32. The zero-order valence-corrected chi connectivity index (χ0v) is 19.6. The monoisotopic (exact) mass is 479 g/mol. The van der Waals surface area contributed by atoms with E-state index < -0.39 is 17.6 Å². The third-order valence-electron chi connectivity index (χ3n) is 5.52. The van der Waals surface area contributed by atoms with Gasteiger partial charge in [-0.25, -0.2) is 9.78 Å². The predicted octanol–water partition coefficient (Wildman–Crippen LogP) is 4.42. The molecule has 0 saturated carbocycles. The number of anilines is 1. The van der Waals surface area contributed by atoms with Crippen LogP contribution in [0.5, 0.6) is 0 Å². The Bertz CT molecular complexity index is 1190. The maximum Gasteiger partial charge on any atom is 0.413 e. The summed E-state index contributed by atoms with van der Waals surface area (Å²) in [6, 6.07) is 16.2. The normalized spacial score (nSPS) is 12.5. The summed E-state index contributed by atoms with van der Waals surface area (Å²) in [5.74, 6) is -1.37. The number of aliphatic carboxylic acids is 1. The predicted molar refractivity (Wildman–Crippen MR) is 129 cm³/mol. The molecule has 0 aliphatic heterocycles. The van der Waals surface area contributed by atoms with E-state index in [9.17, 15) is 14.4 Å². The van der Waals surface area contributed by atoms with Gasteiger partial charge in [-0.3, -0.25) is 14.9 Å². The molecular formula is C25H25N3O5S. The van der Waals surface area contributed by atoms with E-state index in [1.165, 1.54) is 11.3 Å². The number of hydrogen-bond acceptors (Lipinski definition) is 6. The van der Waals surface area contributed by atoms with Gasteiger partial charge >= 0.3 is 12.1 Å². The number of nitrogens with one attached hydrogen (secondary N) is 2. The number of carboxylic acids is 1. The van der Waals surface area contributed by atoms with Gasteiger partial charge in [-0.1, -0.05) is 48.5 Å². The molecule has 0 radical (unpaired) electrons. The van der Waals surface area contributed by atoms with Crippen molar-refractivity contribution in [2.45, 2.75) is 38.1 Å². The number of ether oxygens (including phenoxy) is 1. The molecule has 1 aliphatic carbocycles. The SMILES string of the molecule is CC(C)(CC(=O)O)NC(=O)Cc1csc(NC(=O)OCC2c3ccccc3-c3ccccc32)n1. The van der Waals surface area contributed by atoms with E-state index in [0.717, 1.165) is 22.3 Å². The molecular weight excluding hydrogens is 454 g/mol. The third-order valence-corrected chi connectivity index (χ3v) is 6.32. The first-order chi connectivity index (χ1) is 16.2. The summed E-state index contributed by atoms with van der Waals surface area (Å²) in [7, 11) is 0. The minimum absolute atomic E-state index is 0.0219. The minimum Gasteiger partial charge on any atom is -0.481 e. The molecule has 3 aromatic rings. The lowest BCUT2D eigenvalue weighted by molar-refractivity contribution is -0.138. The zero-order chi connectivity index (χ0) is 24.3. The van der Waals surface area contributed by atoms with Crippen LogP contribution in [0.25, 0.3) is 11.1 Å². The summed E-state index contributed by atoms with van der Waals surface area (Å²) < 4.78 is 5.52. The zero-order valence-electron chi connectivity index (χ0n) is 18.8. The Morgan fingerprint density at radius 2 is 1.68 bits per heavy atom. The second kappa shape index (κ2) is 9.64. The van der Waals surface area contributed by atoms with Crippen LogP contribution in [0.15, 0.2) is 53.9 Å². The van der Waals surface area contributed by atoms with Crippen molar-refractivity contribution in [1.82, 2.24) is 10.3 Å². The van der Waals surface area contributed by atoms with Crippen molar-refractivity contribution >= 4 is 34.4 Å². The molecule has 0 atom stereocenters. The highest BCUT2D eigenvalue weighted by atomic mass is 32.1. The quantitative estimate of drug-likeness (QED) is 0.440. The van der Waals surface area contributed by atoms with E-state index in [2.05, 4.69) is 39.9 Å². The first kappa shape index (κ1) is 23.4. The average molecular weight is 480 g/mol. The largest absolute Gasteiger partial charge is 0.481 e. The number of aromatic nitrogens is 1. The van der Waals surface area contributed by atoms with Gasteiger partial charge in [0.25, 0.3) is 0 Å². The first-order valence-electron chi connectivity index (χ1n) is 10.8. The highest BCUT2D eigenvalue weighted by molar-refractivity contribution is 7.13. The van der Waals surface area contributed by atoms with Crippen molar-refractivity contribution in [3.63, 3.8) is 0 Å². The van der Waals surface area contributed by atoms with Crippen LogP contribution in [0, 0.1) is 0 Å². The summed E-state index contributed by atoms with van der Waals surface area (Å²) in [5.41, 5.74) is 4.17. The second-order valence-electron chi connectivity index (χ2n) is 8.77. The Labute approximate surface area is 201 Å². The van der Waals surface area contributed by atoms with E-state index in [4.69, 9.17) is 9.84 Å². The smallest absolute Gasteiger partial charge is 0.413 e. The molecule has 0 bridgehead atoms. The van der Waals surface area contributed by atoms with Gasteiger partial charge in [0.2, 0.25) is 5.91 Å². The van der Waals surface area contributed by atoms with Gasteiger partial charge in [-0.2, -0.15) is 0 Å². The molecule has 3 N–H and O–H groups in total. The fourth-order valence-corrected chi connectivity index (χ4v) is 4.87. The Morgan fingerprint density at radius 1 is 1.06 bits per heavy atom. The Balaban J connectivity index is 1.32. The molecule has 34 heavy (non-hydrogen) atoms. The number of nitrogens with zero attached hydrogens (tertiary/aromatic N) is 1. The van der Waals surface area contributed by atoms with Gasteiger partial charge in [0.05, 0.1) is 18.5 Å². The lowest BCUT2D eigenvalue weighted by Crippen LogP contribution is -2.45. The summed E-state index contributed by atoms with van der Waals surface area (Å²) in [6.45, 7) is 3.48. The van der Waals surface area contributed by atoms with Crippen LogP contribution in [0.4, 0.5) is 9.93 Å². The second-order valence-corrected chi connectivity index (χ2v) is 9.63. The molecule has 4 rings (SSSR count). The van der Waals surface area contributed by atoms with Gasteiger partial charge in [0.1, 0.15) is 6.61 Å². The molecule has 1 heterocycles. The molecule has 0 saturated heterocycles. The first-order valence-corrected chi connectivity index (χ1v) is 11.7. The van der Waals surface area contributed by atoms with Crippen molar-refractivity contribution in [2.24, 2.45) is 0 Å². The molecule has 0 fully saturated rings. The number of carbonyl (C=O) groups excluding carboxylic acids is 2. The number of hydrogen-bond donors (Lipinski definition) is 3. The maximum atomic E-state index is 12.4. The molecule has 1 aliphatic rings. The standard InChI is InChI=1S/C25H25N3O5S/c1-25(2,12-22(30)31)28-21(29)11-15-14-34-23(26-15)27-24(32)33-13-20-18-9-5-3-7-16(18)17-8-4-6-10-19(17)20/h3-10,14,20H,11-13H2,1-2H3,(H,28,29)(H,30,31)(H,26,27,32). The van der Waals surface area contributed by atoms with Crippen LogP contribution in [0.1, 0.15) is 43.0 Å². The molecule has 9 heteroatoms. The van der Waals surface area contributed by atoms with Gasteiger partial charge in [-0.05, 0) is 36.1 Å². The van der Waals surface area contributed by atoms with Gasteiger partial charge in [-0.15, -0.1) is 11.3 Å². The fraction of sp³-hybridized carbons (Fsp3) is 0.280. The van der Waals surface area contributed by atoms with Gasteiger partial charge < -0.3 is 15.2 Å². The van der Waals surface area contributed by atoms with E-state index >= 15 is 0 Å². The molecule has 2 amide bonds. The van der Waals surface area contributed by atoms with Crippen molar-refractivity contribution in [2.75, 3.05) is 11.9 Å². The van der Waals surface area contributed by atoms with Crippen LogP contribution >= 0.6 is 11.3 Å². The highest BCUT2D eigenvalue weighted by Crippen LogP contribution is 2.44. The number of rotatable bonds is 8. The van der Waals surface area contributed by atoms with Crippen molar-refractivity contribution in [3.8, 4) is 11.1 Å². The molecule has 2 aromatic carbocycles. The van der Waals surface area contributed by atoms with E-state index in [-0.39, 0.29) is 31.3 Å². The highest BCUT2D eigenvalue weighted by Gasteiger charge is 2.29. The van der Waals surface area contributed by atoms with Crippen LogP contribution in [0.2, 0.25) is 0 Å². The van der Waals surface area contributed by atoms with Crippen LogP contribution in [0.3, 0.4) is 0 Å². The van der Waals surface area contributed by atoms with E-state index in [0.29, 0.717) is 10.8 Å². The maximum absolute atomic E-state index is 12.4. The van der Waals surface area contributed by atoms with Gasteiger partial charge in [0.15, 0.2) is 5.13 Å². The number of amides is 2. The molecule has 0 spiro atoms. The Kier molecular flexibility index (Phi) is 6.65. The summed E-state index contributed by atoms with van der Waals surface area (Å²) in [5, 5.41) is 16.2. The number of fused-ring (bicyclic) bond motifs is 3. The van der Waals surface area contributed by atoms with Crippen LogP contribution in [-0.4, -0.2) is 40.2 Å². The van der Waals surface area contributed by atoms with E-state index in [1.54, 1.807) is 19.2 Å². The van der Waals surface area contributed by atoms with Crippen LogP contribution in [-0.2, 0) is 20.7 Å². The van der Waals surface area contributed by atoms with E-state index in [1.807, 2.05) is 24.3 Å². The lowest BCUT2D eigenvalue weighted by Gasteiger charge is -2.23. The summed E-state index contributed by atoms with van der Waals surface area (Å²) >= 11 is 1.19. The summed E-state index contributed by atoms with van der Waals surface area (Å²) in [4.78, 5) is 39.8. The molecule has 0 unspecified atom stereocenters. The Morgan fingerprint density at radius 3 is 2.29 bits per heavy atom. The molecule has 1 aromatic heterocycles. The summed E-state index contributed by atoms with van der Waals surface area (Å²) in [6.07, 6.45) is -0.828. The number of benzene rings is 2. The number of thiazole rings is 1. The lowest BCUT2D eigenvalue weighted by atomic mass is 9.98. The fourth-order valence-electron chi connectivity index (χ4n) is 4.18. The molecule has 176 valence electrons. The number of carbonyl (C=O) groups is 3. The molecule has 8 nitrogen and oxygen atoms in total. The third kappa shape index (κ3) is 5.43. The Hall–Kier alpha value is -3.72. The minimum atomic E-state index is -0.992. The van der Waals surface area contributed by atoms with Crippen LogP contribution < -0.4 is 10.6 Å². The van der Waals surface area contributed by atoms with Gasteiger partial charge in [0, 0.05) is 16.8 Å². The topological polar surface area (TPSA) is 118 Å². The van der Waals surface area contributed by atoms with Crippen molar-refractivity contribution in [3.05, 3.63) is 70.7 Å². The number of carboxylic acid groups (broad SMARTS) is 1. The van der Waals surface area contributed by atoms with Crippen molar-refractivity contribution in [1.29, 1.82) is 0 Å². The van der Waals surface area contributed by atoms with Crippen molar-refractivity contribution < 1.29 is 24.2 Å².